The summed E-state index contributed by atoms with van der Waals surface area (Å²) in [6.45, 7) is 23.3. The van der Waals surface area contributed by atoms with E-state index in [1.165, 1.54) is 5.57 Å². The number of rotatable bonds is 11. The minimum atomic E-state index is -2.40. The molecule has 4 aliphatic heterocycles. The van der Waals surface area contributed by atoms with Gasteiger partial charge in [0.25, 0.3) is 0 Å². The zero-order chi connectivity index (χ0) is 36.4. The number of epoxide rings is 1. The standard InChI is InChI=1S/C41H66O8Si/c1-27(2)50(28(3)4,29(5)6)49-36(18-17-34-22-30(7)19-20-44-34)37-25-39-41(48-39)38(45-26-43-10)24-32(9)21-31(8)23-35-15-11-13-33(46-35)14-12-16-40(42)47-37/h11-13,16-19,27-29,31,33-39,41H,9,14-15,20-26H2,1-8,10H3/b16-12-,18-17+/t31-,33-,34+,35-,36-,37-,38-,39+,41-/m0/s1. The van der Waals surface area contributed by atoms with E-state index in [0.717, 1.165) is 31.3 Å². The molecule has 0 aromatic rings. The van der Waals surface area contributed by atoms with Crippen LogP contribution in [0.15, 0.2) is 60.3 Å². The molecule has 1 fully saturated rings. The van der Waals surface area contributed by atoms with Crippen molar-refractivity contribution in [3.63, 3.8) is 0 Å². The highest BCUT2D eigenvalue weighted by Crippen LogP contribution is 2.45. The molecular weight excluding hydrogens is 649 g/mol. The molecule has 0 unspecified atom stereocenters. The van der Waals surface area contributed by atoms with E-state index < -0.39 is 20.5 Å². The van der Waals surface area contributed by atoms with Gasteiger partial charge in [-0.1, -0.05) is 103 Å². The number of fused-ring (bicyclic) bond motifs is 3. The first kappa shape index (κ1) is 40.9. The average Bonchev–Trinajstić information content (AvgIpc) is 3.81. The van der Waals surface area contributed by atoms with Crippen LogP contribution >= 0.6 is 0 Å². The van der Waals surface area contributed by atoms with Crippen LogP contribution in [-0.4, -0.2) is 83.6 Å². The van der Waals surface area contributed by atoms with Crippen LogP contribution in [0.4, 0.5) is 0 Å². The molecule has 0 N–H and O–H groups in total. The van der Waals surface area contributed by atoms with E-state index in [1.807, 2.05) is 6.08 Å². The van der Waals surface area contributed by atoms with Gasteiger partial charge in [0, 0.05) is 19.6 Å². The average molecular weight is 715 g/mol. The fourth-order valence-corrected chi connectivity index (χ4v) is 14.0. The quantitative estimate of drug-likeness (QED) is 0.0690. The molecule has 8 nitrogen and oxygen atoms in total. The number of methoxy groups -OCH3 is 1. The molecule has 0 amide bonds. The summed E-state index contributed by atoms with van der Waals surface area (Å²) in [5.74, 6) is 0.0243. The largest absolute Gasteiger partial charge is 0.456 e. The molecule has 4 rings (SSSR count). The molecule has 9 atom stereocenters. The fraction of sp³-hybridized carbons (Fsp3) is 0.732. The summed E-state index contributed by atoms with van der Waals surface area (Å²) in [7, 11) is -0.771. The van der Waals surface area contributed by atoms with Gasteiger partial charge in [-0.25, -0.2) is 4.79 Å². The maximum Gasteiger partial charge on any atom is 0.330 e. The molecule has 0 aliphatic carbocycles. The number of cyclic esters (lactones) is 1. The van der Waals surface area contributed by atoms with Gasteiger partial charge < -0.3 is 32.8 Å². The van der Waals surface area contributed by atoms with Crippen molar-refractivity contribution < 1.29 is 37.6 Å². The second-order valence-electron chi connectivity index (χ2n) is 16.0. The van der Waals surface area contributed by atoms with E-state index in [1.54, 1.807) is 13.2 Å². The molecule has 282 valence electrons. The van der Waals surface area contributed by atoms with Crippen LogP contribution in [-0.2, 0) is 37.6 Å². The number of hydrogen-bond donors (Lipinski definition) is 0. The fourth-order valence-electron chi connectivity index (χ4n) is 8.49. The lowest BCUT2D eigenvalue weighted by molar-refractivity contribution is -0.147. The summed E-state index contributed by atoms with van der Waals surface area (Å²) in [4.78, 5) is 13.6. The maximum absolute atomic E-state index is 13.6. The van der Waals surface area contributed by atoms with E-state index in [9.17, 15) is 4.79 Å². The SMILES string of the molecule is C=C1C[C@H](C)C[C@@H]2CC=C[C@@H](C/C=C\C(=O)O[C@H]([C@H](/C=C/[C@@H]3CC(C)=CCO3)O[Si](C(C)C)(C(C)C)C(C)C)C[C@H]3O[C@H]3[C@@H](OCOC)C1)O2. The summed E-state index contributed by atoms with van der Waals surface area (Å²) in [6, 6.07) is 0. The van der Waals surface area contributed by atoms with Crippen LogP contribution in [0.25, 0.3) is 0 Å². The van der Waals surface area contributed by atoms with Crippen molar-refractivity contribution in [3.8, 4) is 0 Å². The van der Waals surface area contributed by atoms with Crippen LogP contribution < -0.4 is 0 Å². The Hall–Kier alpha value is -1.85. The molecule has 1 saturated heterocycles. The van der Waals surface area contributed by atoms with Crippen LogP contribution in [0.5, 0.6) is 0 Å². The van der Waals surface area contributed by atoms with Gasteiger partial charge in [0.2, 0.25) is 8.32 Å². The minimum absolute atomic E-state index is 0.0633. The number of esters is 1. The topological polar surface area (TPSA) is 85.0 Å². The predicted octanol–water partition coefficient (Wildman–Crippen LogP) is 8.93. The number of carbonyl (C=O) groups excluding carboxylic acids is 1. The Morgan fingerprint density at radius 2 is 1.74 bits per heavy atom. The molecule has 0 spiro atoms. The van der Waals surface area contributed by atoms with Gasteiger partial charge in [0.15, 0.2) is 0 Å². The van der Waals surface area contributed by atoms with Gasteiger partial charge in [-0.2, -0.15) is 0 Å². The van der Waals surface area contributed by atoms with Crippen molar-refractivity contribution in [1.29, 1.82) is 0 Å². The first-order valence-corrected chi connectivity index (χ1v) is 21.2. The molecule has 0 saturated carbocycles. The molecule has 4 aliphatic rings. The summed E-state index contributed by atoms with van der Waals surface area (Å²) >= 11 is 0. The van der Waals surface area contributed by atoms with Crippen molar-refractivity contribution in [2.45, 2.75) is 166 Å². The monoisotopic (exact) mass is 714 g/mol. The van der Waals surface area contributed by atoms with Crippen molar-refractivity contribution in [3.05, 3.63) is 60.3 Å². The maximum atomic E-state index is 13.6. The molecule has 0 aromatic heterocycles. The Kier molecular flexibility index (Phi) is 15.8. The third-order valence-corrected chi connectivity index (χ3v) is 16.9. The lowest BCUT2D eigenvalue weighted by Crippen LogP contribution is -2.52. The van der Waals surface area contributed by atoms with E-state index in [0.29, 0.717) is 48.4 Å². The van der Waals surface area contributed by atoms with Crippen molar-refractivity contribution in [2.75, 3.05) is 20.5 Å². The van der Waals surface area contributed by atoms with E-state index in [-0.39, 0.29) is 49.4 Å². The Morgan fingerprint density at radius 3 is 2.42 bits per heavy atom. The Bertz CT molecular complexity index is 1200. The zero-order valence-electron chi connectivity index (χ0n) is 32.3. The Morgan fingerprint density at radius 1 is 1.00 bits per heavy atom. The molecule has 4 heterocycles. The molecule has 0 aromatic carbocycles. The lowest BCUT2D eigenvalue weighted by Gasteiger charge is -2.45. The number of hydrogen-bond acceptors (Lipinski definition) is 8. The molecule has 50 heavy (non-hydrogen) atoms. The molecular formula is C41H66O8Si. The molecule has 9 heteroatoms. The summed E-state index contributed by atoms with van der Waals surface area (Å²) in [5.41, 5.74) is 3.48. The summed E-state index contributed by atoms with van der Waals surface area (Å²) < 4.78 is 44.2. The third kappa shape index (κ3) is 11.6. The summed E-state index contributed by atoms with van der Waals surface area (Å²) in [6.07, 6.45) is 17.8. The highest BCUT2D eigenvalue weighted by molar-refractivity contribution is 6.77. The van der Waals surface area contributed by atoms with Gasteiger partial charge in [-0.15, -0.1) is 0 Å². The molecule has 0 radical (unpaired) electrons. The minimum Gasteiger partial charge on any atom is -0.456 e. The first-order chi connectivity index (χ1) is 23.8. The number of carbonyl (C=O) groups is 1. The highest BCUT2D eigenvalue weighted by Gasteiger charge is 2.51. The Balaban J connectivity index is 1.69. The van der Waals surface area contributed by atoms with Crippen molar-refractivity contribution in [1.82, 2.24) is 0 Å². The van der Waals surface area contributed by atoms with E-state index in [2.05, 4.69) is 92.3 Å². The van der Waals surface area contributed by atoms with Gasteiger partial charge in [-0.3, -0.25) is 0 Å². The van der Waals surface area contributed by atoms with Gasteiger partial charge in [-0.05, 0) is 68.0 Å². The predicted molar refractivity (Wildman–Crippen MR) is 201 cm³/mol. The lowest BCUT2D eigenvalue weighted by atomic mass is 9.90. The van der Waals surface area contributed by atoms with Crippen molar-refractivity contribution in [2.24, 2.45) is 5.92 Å². The number of ether oxygens (including phenoxy) is 6. The van der Waals surface area contributed by atoms with Crippen LogP contribution in [0.2, 0.25) is 16.6 Å². The van der Waals surface area contributed by atoms with E-state index >= 15 is 0 Å². The smallest absolute Gasteiger partial charge is 0.330 e. The van der Waals surface area contributed by atoms with E-state index in [4.69, 9.17) is 32.8 Å². The van der Waals surface area contributed by atoms with Crippen LogP contribution in [0.3, 0.4) is 0 Å². The van der Waals surface area contributed by atoms with Gasteiger partial charge in [0.1, 0.15) is 25.1 Å². The third-order valence-electron chi connectivity index (χ3n) is 10.8. The van der Waals surface area contributed by atoms with Gasteiger partial charge >= 0.3 is 5.97 Å². The normalized spacial score (nSPS) is 33.2. The second-order valence-corrected chi connectivity index (χ2v) is 21.4. The first-order valence-electron chi connectivity index (χ1n) is 19.1. The Labute approximate surface area is 303 Å². The second kappa shape index (κ2) is 19.3. The molecule has 2 bridgehead atoms. The van der Waals surface area contributed by atoms with Crippen molar-refractivity contribution >= 4 is 14.3 Å². The highest BCUT2D eigenvalue weighted by atomic mass is 28.4. The van der Waals surface area contributed by atoms with Crippen LogP contribution in [0.1, 0.15) is 100 Å². The summed E-state index contributed by atoms with van der Waals surface area (Å²) in [5, 5.41) is 0. The van der Waals surface area contributed by atoms with Gasteiger partial charge in [0.05, 0.1) is 37.1 Å². The van der Waals surface area contributed by atoms with Crippen LogP contribution in [0, 0.1) is 5.92 Å². The zero-order valence-corrected chi connectivity index (χ0v) is 33.3.